The highest BCUT2D eigenvalue weighted by Crippen LogP contribution is 2.37. The molecule has 0 radical (unpaired) electrons. The molecule has 2 saturated heterocycles. The van der Waals surface area contributed by atoms with Crippen molar-refractivity contribution in [3.8, 4) is 11.5 Å². The molecule has 2 aliphatic heterocycles. The number of carbonyl (C=O) groups excluding carboxylic acids is 2. The average Bonchev–Trinajstić information content (AvgIpc) is 3.17. The number of benzene rings is 1. The summed E-state index contributed by atoms with van der Waals surface area (Å²) in [5.74, 6) is 1.44. The van der Waals surface area contributed by atoms with E-state index in [1.807, 2.05) is 11.2 Å². The number of rotatable bonds is 7. The van der Waals surface area contributed by atoms with Crippen LogP contribution in [0.3, 0.4) is 0 Å². The number of anilines is 1. The van der Waals surface area contributed by atoms with Gasteiger partial charge in [-0.1, -0.05) is 0 Å². The molecule has 0 unspecified atom stereocenters. The molecule has 1 aromatic carbocycles. The van der Waals surface area contributed by atoms with Gasteiger partial charge >= 0.3 is 0 Å². The number of hydrogen-bond donors (Lipinski definition) is 1. The number of ether oxygens (including phenoxy) is 2. The largest absolute Gasteiger partial charge is 0.493 e. The van der Waals surface area contributed by atoms with E-state index in [1.165, 1.54) is 20.6 Å². The van der Waals surface area contributed by atoms with Crippen LogP contribution in [0.25, 0.3) is 0 Å². The molecule has 3 rings (SSSR count). The first-order valence-corrected chi connectivity index (χ1v) is 11.5. The van der Waals surface area contributed by atoms with Gasteiger partial charge in [0.2, 0.25) is 5.91 Å². The highest BCUT2D eigenvalue weighted by atomic mass is 32.2. The van der Waals surface area contributed by atoms with E-state index in [4.69, 9.17) is 9.47 Å². The number of hydrogen-bond acceptors (Lipinski definition) is 6. The maximum atomic E-state index is 13.4. The molecule has 0 aliphatic carbocycles. The van der Waals surface area contributed by atoms with Crippen LogP contribution in [0.15, 0.2) is 12.1 Å². The fraction of sp³-hybridized carbons (Fsp3) is 0.619. The maximum absolute atomic E-state index is 13.4. The van der Waals surface area contributed by atoms with Gasteiger partial charge in [-0.15, -0.1) is 0 Å². The SMILES string of the molecule is COc1cc(C(=O)N2C[C@@H]3CCCN3C[C@H]2C)cc(NC(=O)CCSC)c1OC. The van der Waals surface area contributed by atoms with Gasteiger partial charge in [-0.2, -0.15) is 11.8 Å². The predicted molar refractivity (Wildman–Crippen MR) is 116 cm³/mol. The Morgan fingerprint density at radius 1 is 1.24 bits per heavy atom. The van der Waals surface area contributed by atoms with Crippen molar-refractivity contribution in [2.45, 2.75) is 38.3 Å². The van der Waals surface area contributed by atoms with Crippen molar-refractivity contribution in [1.29, 1.82) is 0 Å². The number of thioether (sulfide) groups is 1. The van der Waals surface area contributed by atoms with Crippen molar-refractivity contribution in [1.82, 2.24) is 9.80 Å². The number of amides is 2. The van der Waals surface area contributed by atoms with Gasteiger partial charge in [0.25, 0.3) is 5.91 Å². The smallest absolute Gasteiger partial charge is 0.254 e. The fourth-order valence-corrected chi connectivity index (χ4v) is 4.61. The van der Waals surface area contributed by atoms with E-state index < -0.39 is 0 Å². The van der Waals surface area contributed by atoms with Gasteiger partial charge in [0, 0.05) is 42.9 Å². The van der Waals surface area contributed by atoms with Crippen molar-refractivity contribution in [3.05, 3.63) is 17.7 Å². The minimum atomic E-state index is -0.114. The van der Waals surface area contributed by atoms with Crippen LogP contribution in [0, 0.1) is 0 Å². The normalized spacial score (nSPS) is 21.6. The molecule has 160 valence electrons. The Labute approximate surface area is 177 Å². The van der Waals surface area contributed by atoms with E-state index in [2.05, 4.69) is 17.1 Å². The van der Waals surface area contributed by atoms with E-state index in [9.17, 15) is 9.59 Å². The van der Waals surface area contributed by atoms with Crippen molar-refractivity contribution in [2.24, 2.45) is 0 Å². The van der Waals surface area contributed by atoms with Crippen molar-refractivity contribution in [2.75, 3.05) is 51.2 Å². The standard InChI is InChI=1S/C21H31N3O4S/c1-14-12-23-8-5-6-16(23)13-24(14)21(26)15-10-17(22-19(25)7-9-29-4)20(28-3)18(11-15)27-2/h10-11,14,16H,5-9,12-13H2,1-4H3,(H,22,25)/t14-,16+/m1/s1. The lowest BCUT2D eigenvalue weighted by molar-refractivity contribution is -0.115. The van der Waals surface area contributed by atoms with E-state index in [1.54, 1.807) is 23.9 Å². The second-order valence-corrected chi connectivity index (χ2v) is 8.63. The van der Waals surface area contributed by atoms with E-state index >= 15 is 0 Å². The third-order valence-corrected chi connectivity index (χ3v) is 6.34. The summed E-state index contributed by atoms with van der Waals surface area (Å²) in [6, 6.07) is 3.99. The molecular weight excluding hydrogens is 390 g/mol. The molecule has 2 fully saturated rings. The lowest BCUT2D eigenvalue weighted by atomic mass is 10.0. The first-order valence-electron chi connectivity index (χ1n) is 10.1. The van der Waals surface area contributed by atoms with Gasteiger partial charge in [-0.3, -0.25) is 14.5 Å². The molecule has 29 heavy (non-hydrogen) atoms. The minimum absolute atomic E-state index is 0.0374. The van der Waals surface area contributed by atoms with Crippen LogP contribution in [0.2, 0.25) is 0 Å². The van der Waals surface area contributed by atoms with Crippen LogP contribution in [0.5, 0.6) is 11.5 Å². The van der Waals surface area contributed by atoms with Crippen LogP contribution in [-0.2, 0) is 4.79 Å². The predicted octanol–water partition coefficient (Wildman–Crippen LogP) is 2.70. The molecule has 2 atom stereocenters. The van der Waals surface area contributed by atoms with Crippen LogP contribution in [0.1, 0.15) is 36.5 Å². The first kappa shape index (κ1) is 21.8. The second kappa shape index (κ2) is 9.71. The quantitative estimate of drug-likeness (QED) is 0.730. The number of carbonyl (C=O) groups is 2. The summed E-state index contributed by atoms with van der Waals surface area (Å²) < 4.78 is 10.9. The van der Waals surface area contributed by atoms with Crippen LogP contribution in [0.4, 0.5) is 5.69 Å². The van der Waals surface area contributed by atoms with Crippen LogP contribution in [-0.4, -0.2) is 79.6 Å². The highest BCUT2D eigenvalue weighted by molar-refractivity contribution is 7.98. The molecule has 8 heteroatoms. The Morgan fingerprint density at radius 2 is 2.03 bits per heavy atom. The summed E-state index contributed by atoms with van der Waals surface area (Å²) in [7, 11) is 3.06. The fourth-order valence-electron chi connectivity index (χ4n) is 4.22. The average molecular weight is 422 g/mol. The number of fused-ring (bicyclic) bond motifs is 1. The minimum Gasteiger partial charge on any atom is -0.493 e. The zero-order valence-electron chi connectivity index (χ0n) is 17.7. The summed E-state index contributed by atoms with van der Waals surface area (Å²) in [5.41, 5.74) is 0.967. The van der Waals surface area contributed by atoms with Gasteiger partial charge in [-0.05, 0) is 44.7 Å². The third-order valence-electron chi connectivity index (χ3n) is 5.73. The highest BCUT2D eigenvalue weighted by Gasteiger charge is 2.37. The van der Waals surface area contributed by atoms with Crippen molar-refractivity contribution in [3.63, 3.8) is 0 Å². The molecule has 1 aromatic rings. The molecule has 7 nitrogen and oxygen atoms in total. The summed E-state index contributed by atoms with van der Waals surface area (Å²) in [5, 5.41) is 2.88. The van der Waals surface area contributed by atoms with Gasteiger partial charge < -0.3 is 19.7 Å². The van der Waals surface area contributed by atoms with Crippen molar-refractivity contribution < 1.29 is 19.1 Å². The van der Waals surface area contributed by atoms with Crippen LogP contribution < -0.4 is 14.8 Å². The lowest BCUT2D eigenvalue weighted by Crippen LogP contribution is -2.56. The Hall–Kier alpha value is -1.93. The van der Waals surface area contributed by atoms with Crippen molar-refractivity contribution >= 4 is 29.3 Å². The lowest BCUT2D eigenvalue weighted by Gasteiger charge is -2.42. The zero-order chi connectivity index (χ0) is 21.0. The molecule has 2 aliphatic rings. The summed E-state index contributed by atoms with van der Waals surface area (Å²) in [4.78, 5) is 30.1. The molecule has 2 amide bonds. The Bertz CT molecular complexity index is 758. The van der Waals surface area contributed by atoms with Gasteiger partial charge in [0.15, 0.2) is 11.5 Å². The van der Waals surface area contributed by atoms with Gasteiger partial charge in [-0.25, -0.2) is 0 Å². The molecule has 0 spiro atoms. The summed E-state index contributed by atoms with van der Waals surface area (Å²) in [6.07, 6.45) is 4.69. The maximum Gasteiger partial charge on any atom is 0.254 e. The first-order chi connectivity index (χ1) is 14.0. The molecular formula is C21H31N3O4S. The Balaban J connectivity index is 1.86. The molecule has 2 heterocycles. The number of piperazine rings is 1. The second-order valence-electron chi connectivity index (χ2n) is 7.65. The Morgan fingerprint density at radius 3 is 2.72 bits per heavy atom. The topological polar surface area (TPSA) is 71.1 Å². The number of nitrogens with one attached hydrogen (secondary N) is 1. The molecule has 0 saturated carbocycles. The number of nitrogens with zero attached hydrogens (tertiary/aromatic N) is 2. The third kappa shape index (κ3) is 4.80. The van der Waals surface area contributed by atoms with E-state index in [0.29, 0.717) is 35.2 Å². The summed E-state index contributed by atoms with van der Waals surface area (Å²) in [6.45, 7) is 4.86. The molecule has 1 N–H and O–H groups in total. The van der Waals surface area contributed by atoms with Gasteiger partial charge in [0.1, 0.15) is 0 Å². The van der Waals surface area contributed by atoms with E-state index in [0.717, 1.165) is 31.8 Å². The zero-order valence-corrected chi connectivity index (χ0v) is 18.5. The summed E-state index contributed by atoms with van der Waals surface area (Å²) >= 11 is 1.61. The van der Waals surface area contributed by atoms with Gasteiger partial charge in [0.05, 0.1) is 19.9 Å². The van der Waals surface area contributed by atoms with E-state index in [-0.39, 0.29) is 17.9 Å². The molecule has 0 aromatic heterocycles. The monoisotopic (exact) mass is 421 g/mol. The Kier molecular flexibility index (Phi) is 7.29. The van der Waals surface area contributed by atoms with Crippen LogP contribution >= 0.6 is 11.8 Å². The molecule has 0 bridgehead atoms. The number of methoxy groups -OCH3 is 2.